The first-order chi connectivity index (χ1) is 15.3. The van der Waals surface area contributed by atoms with E-state index >= 15 is 0 Å². The van der Waals surface area contributed by atoms with Gasteiger partial charge in [0.05, 0.1) is 18.6 Å². The van der Waals surface area contributed by atoms with Crippen molar-refractivity contribution in [2.24, 2.45) is 5.92 Å². The van der Waals surface area contributed by atoms with Crippen molar-refractivity contribution in [2.45, 2.75) is 44.4 Å². The van der Waals surface area contributed by atoms with Crippen LogP contribution in [0.25, 0.3) is 0 Å². The van der Waals surface area contributed by atoms with Gasteiger partial charge in [-0.1, -0.05) is 32.8 Å². The Morgan fingerprint density at radius 1 is 1.03 bits per heavy atom. The molecule has 2 aromatic rings. The van der Waals surface area contributed by atoms with Gasteiger partial charge in [0.2, 0.25) is 10.0 Å². The zero-order chi connectivity index (χ0) is 23.1. The SMILES string of the molecule is COc1cc(C(=O)Nc2cccc(S(=O)(=O)N3CCCCCC3)c2)ccc1OCC(C)C. The molecule has 0 aliphatic carbocycles. The zero-order valence-electron chi connectivity index (χ0n) is 19.0. The summed E-state index contributed by atoms with van der Waals surface area (Å²) in [5.74, 6) is 1.04. The fourth-order valence-electron chi connectivity index (χ4n) is 3.55. The Bertz CT molecular complexity index is 1030. The molecule has 1 amide bonds. The fraction of sp³-hybridized carbons (Fsp3) is 0.458. The zero-order valence-corrected chi connectivity index (χ0v) is 19.8. The van der Waals surface area contributed by atoms with Crippen LogP contribution in [0, 0.1) is 5.92 Å². The second-order valence-corrected chi connectivity index (χ2v) is 10.3. The number of carbonyl (C=O) groups is 1. The molecule has 0 atom stereocenters. The molecular weight excluding hydrogens is 428 g/mol. The summed E-state index contributed by atoms with van der Waals surface area (Å²) in [6.07, 6.45) is 3.84. The first-order valence-corrected chi connectivity index (χ1v) is 12.5. The Kier molecular flexibility index (Phi) is 8.15. The number of amides is 1. The molecule has 1 N–H and O–H groups in total. The van der Waals surface area contributed by atoms with E-state index in [4.69, 9.17) is 9.47 Å². The van der Waals surface area contributed by atoms with Gasteiger partial charge in [0.25, 0.3) is 5.91 Å². The maximum atomic E-state index is 13.1. The molecule has 0 aromatic heterocycles. The Morgan fingerprint density at radius 3 is 2.41 bits per heavy atom. The van der Waals surface area contributed by atoms with Crippen molar-refractivity contribution < 1.29 is 22.7 Å². The van der Waals surface area contributed by atoms with Crippen molar-refractivity contribution in [2.75, 3.05) is 32.1 Å². The monoisotopic (exact) mass is 460 g/mol. The van der Waals surface area contributed by atoms with Gasteiger partial charge in [-0.05, 0) is 55.2 Å². The number of hydrogen-bond acceptors (Lipinski definition) is 5. The molecule has 1 heterocycles. The summed E-state index contributed by atoms with van der Waals surface area (Å²) < 4.78 is 38.8. The van der Waals surface area contributed by atoms with E-state index in [-0.39, 0.29) is 10.8 Å². The van der Waals surface area contributed by atoms with Crippen molar-refractivity contribution in [1.29, 1.82) is 0 Å². The van der Waals surface area contributed by atoms with Gasteiger partial charge in [0, 0.05) is 24.3 Å². The second-order valence-electron chi connectivity index (χ2n) is 8.37. The molecule has 0 radical (unpaired) electrons. The van der Waals surface area contributed by atoms with Crippen LogP contribution in [0.5, 0.6) is 11.5 Å². The van der Waals surface area contributed by atoms with E-state index < -0.39 is 10.0 Å². The molecule has 1 aliphatic heterocycles. The largest absolute Gasteiger partial charge is 0.493 e. The highest BCUT2D eigenvalue weighted by atomic mass is 32.2. The van der Waals surface area contributed by atoms with Crippen molar-refractivity contribution >= 4 is 21.6 Å². The second kappa shape index (κ2) is 10.8. The number of nitrogens with zero attached hydrogens (tertiary/aromatic N) is 1. The number of carbonyl (C=O) groups excluding carboxylic acids is 1. The molecule has 1 saturated heterocycles. The van der Waals surface area contributed by atoms with Gasteiger partial charge in [0.1, 0.15) is 0 Å². The summed E-state index contributed by atoms with van der Waals surface area (Å²) in [7, 11) is -2.07. The van der Waals surface area contributed by atoms with Crippen LogP contribution in [0.15, 0.2) is 47.4 Å². The van der Waals surface area contributed by atoms with Crippen LogP contribution >= 0.6 is 0 Å². The number of ether oxygens (including phenoxy) is 2. The fourth-order valence-corrected chi connectivity index (χ4v) is 5.12. The third-order valence-corrected chi connectivity index (χ3v) is 7.19. The van der Waals surface area contributed by atoms with Crippen LogP contribution < -0.4 is 14.8 Å². The van der Waals surface area contributed by atoms with Gasteiger partial charge in [0.15, 0.2) is 11.5 Å². The molecule has 7 nitrogen and oxygen atoms in total. The van der Waals surface area contributed by atoms with Crippen molar-refractivity contribution in [3.8, 4) is 11.5 Å². The molecule has 3 rings (SSSR count). The van der Waals surface area contributed by atoms with Gasteiger partial charge < -0.3 is 14.8 Å². The minimum absolute atomic E-state index is 0.187. The summed E-state index contributed by atoms with van der Waals surface area (Å²) in [5.41, 5.74) is 0.810. The number of benzene rings is 2. The van der Waals surface area contributed by atoms with Gasteiger partial charge >= 0.3 is 0 Å². The molecule has 32 heavy (non-hydrogen) atoms. The van der Waals surface area contributed by atoms with Crippen molar-refractivity contribution in [3.63, 3.8) is 0 Å². The molecule has 0 spiro atoms. The average molecular weight is 461 g/mol. The highest BCUT2D eigenvalue weighted by Crippen LogP contribution is 2.29. The van der Waals surface area contributed by atoms with E-state index in [0.29, 0.717) is 48.4 Å². The van der Waals surface area contributed by atoms with Crippen molar-refractivity contribution in [3.05, 3.63) is 48.0 Å². The normalized spacial score (nSPS) is 15.2. The van der Waals surface area contributed by atoms with Gasteiger partial charge in [-0.25, -0.2) is 8.42 Å². The van der Waals surface area contributed by atoms with Crippen LogP contribution in [-0.2, 0) is 10.0 Å². The van der Waals surface area contributed by atoms with E-state index in [0.717, 1.165) is 25.7 Å². The van der Waals surface area contributed by atoms with E-state index in [2.05, 4.69) is 19.2 Å². The highest BCUT2D eigenvalue weighted by Gasteiger charge is 2.25. The van der Waals surface area contributed by atoms with Gasteiger partial charge in [-0.15, -0.1) is 0 Å². The lowest BCUT2D eigenvalue weighted by atomic mass is 10.1. The molecule has 2 aromatic carbocycles. The third kappa shape index (κ3) is 6.01. The maximum absolute atomic E-state index is 13.1. The molecule has 1 fully saturated rings. The number of anilines is 1. The maximum Gasteiger partial charge on any atom is 0.255 e. The third-order valence-electron chi connectivity index (χ3n) is 5.29. The highest BCUT2D eigenvalue weighted by molar-refractivity contribution is 7.89. The number of sulfonamides is 1. The quantitative estimate of drug-likeness (QED) is 0.625. The molecular formula is C24H32N2O5S. The summed E-state index contributed by atoms with van der Waals surface area (Å²) >= 11 is 0. The summed E-state index contributed by atoms with van der Waals surface area (Å²) in [5, 5.41) is 2.79. The van der Waals surface area contributed by atoms with Crippen LogP contribution in [0.2, 0.25) is 0 Å². The lowest BCUT2D eigenvalue weighted by molar-refractivity contribution is 0.102. The topological polar surface area (TPSA) is 84.9 Å². The van der Waals surface area contributed by atoms with E-state index in [1.54, 1.807) is 40.7 Å². The molecule has 0 unspecified atom stereocenters. The van der Waals surface area contributed by atoms with E-state index in [1.807, 2.05) is 0 Å². The molecule has 8 heteroatoms. The minimum Gasteiger partial charge on any atom is -0.493 e. The van der Waals surface area contributed by atoms with Gasteiger partial charge in [-0.2, -0.15) is 4.31 Å². The Hall–Kier alpha value is -2.58. The number of rotatable bonds is 8. The van der Waals surface area contributed by atoms with Crippen molar-refractivity contribution in [1.82, 2.24) is 4.31 Å². The molecule has 0 saturated carbocycles. The minimum atomic E-state index is -3.59. The Labute approximate surface area is 190 Å². The molecule has 0 bridgehead atoms. The summed E-state index contributed by atoms with van der Waals surface area (Å²) in [6, 6.07) is 11.4. The van der Waals surface area contributed by atoms with Crippen LogP contribution in [0.3, 0.4) is 0 Å². The number of hydrogen-bond donors (Lipinski definition) is 1. The van der Waals surface area contributed by atoms with E-state index in [1.165, 1.54) is 13.2 Å². The van der Waals surface area contributed by atoms with Crippen LogP contribution in [0.1, 0.15) is 49.9 Å². The predicted octanol–water partition coefficient (Wildman–Crippen LogP) is 4.55. The Morgan fingerprint density at radius 2 is 1.75 bits per heavy atom. The molecule has 1 aliphatic rings. The standard InChI is InChI=1S/C24H32N2O5S/c1-18(2)17-31-22-12-11-19(15-23(22)30-3)24(27)25-20-9-8-10-21(16-20)32(28,29)26-13-6-4-5-7-14-26/h8-12,15-16,18H,4-7,13-14,17H2,1-3H3,(H,25,27). The number of methoxy groups -OCH3 is 1. The van der Waals surface area contributed by atoms with Gasteiger partial charge in [-0.3, -0.25) is 4.79 Å². The first-order valence-electron chi connectivity index (χ1n) is 11.0. The van der Waals surface area contributed by atoms with E-state index in [9.17, 15) is 13.2 Å². The predicted molar refractivity (Wildman–Crippen MR) is 125 cm³/mol. The lowest BCUT2D eigenvalue weighted by Crippen LogP contribution is -2.32. The Balaban J connectivity index is 1.75. The summed E-state index contributed by atoms with van der Waals surface area (Å²) in [6.45, 7) is 5.71. The van der Waals surface area contributed by atoms with Crippen LogP contribution in [-0.4, -0.2) is 45.4 Å². The van der Waals surface area contributed by atoms with Crippen LogP contribution in [0.4, 0.5) is 5.69 Å². The summed E-state index contributed by atoms with van der Waals surface area (Å²) in [4.78, 5) is 13.0. The molecule has 174 valence electrons. The smallest absolute Gasteiger partial charge is 0.255 e. The average Bonchev–Trinajstić information content (AvgIpc) is 3.08. The number of nitrogens with one attached hydrogen (secondary N) is 1. The lowest BCUT2D eigenvalue weighted by Gasteiger charge is -2.20. The first kappa shape index (κ1) is 24.1.